The predicted octanol–water partition coefficient (Wildman–Crippen LogP) is 3.00. The van der Waals surface area contributed by atoms with Gasteiger partial charge >= 0.3 is 0 Å². The summed E-state index contributed by atoms with van der Waals surface area (Å²) in [5.41, 5.74) is 1.06. The van der Waals surface area contributed by atoms with E-state index in [4.69, 9.17) is 4.74 Å². The van der Waals surface area contributed by atoms with Crippen molar-refractivity contribution in [2.45, 2.75) is 45.2 Å². The fourth-order valence-electron chi connectivity index (χ4n) is 3.99. The Hall–Kier alpha value is -1.09. The molecule has 2 fully saturated rings. The van der Waals surface area contributed by atoms with Gasteiger partial charge in [-0.3, -0.25) is 0 Å². The number of aromatic nitrogens is 1. The molecule has 19 heavy (non-hydrogen) atoms. The summed E-state index contributed by atoms with van der Waals surface area (Å²) in [7, 11) is 1.66. The first-order valence-corrected chi connectivity index (χ1v) is 7.49. The molecule has 0 saturated heterocycles. The molecule has 3 heteroatoms. The molecule has 0 aromatic carbocycles. The van der Waals surface area contributed by atoms with Gasteiger partial charge in [-0.2, -0.15) is 0 Å². The number of ether oxygens (including phenoxy) is 1. The van der Waals surface area contributed by atoms with Crippen LogP contribution in [0.25, 0.3) is 0 Å². The summed E-state index contributed by atoms with van der Waals surface area (Å²) in [6.45, 7) is 3.18. The largest absolute Gasteiger partial charge is 0.481 e. The fraction of sp³-hybridized carbons (Fsp3) is 0.688. The number of nitrogens with one attached hydrogen (secondary N) is 1. The van der Waals surface area contributed by atoms with E-state index in [1.54, 1.807) is 7.11 Å². The molecule has 0 spiro atoms. The number of rotatable bonds is 5. The zero-order chi connectivity index (χ0) is 13.2. The van der Waals surface area contributed by atoms with Crippen molar-refractivity contribution in [3.63, 3.8) is 0 Å². The van der Waals surface area contributed by atoms with Crippen LogP contribution in [0.3, 0.4) is 0 Å². The molecule has 3 nitrogen and oxygen atoms in total. The van der Waals surface area contributed by atoms with Crippen LogP contribution in [-0.2, 0) is 6.54 Å². The van der Waals surface area contributed by atoms with Crippen LogP contribution in [0.2, 0.25) is 0 Å². The molecule has 0 radical (unpaired) electrons. The maximum Gasteiger partial charge on any atom is 0.213 e. The highest BCUT2D eigenvalue weighted by molar-refractivity contribution is 5.15. The van der Waals surface area contributed by atoms with Gasteiger partial charge in [0.1, 0.15) is 0 Å². The summed E-state index contributed by atoms with van der Waals surface area (Å²) in [6.07, 6.45) is 5.85. The van der Waals surface area contributed by atoms with Crippen LogP contribution in [0.5, 0.6) is 5.88 Å². The molecule has 1 N–H and O–H groups in total. The van der Waals surface area contributed by atoms with E-state index in [0.717, 1.165) is 30.0 Å². The summed E-state index contributed by atoms with van der Waals surface area (Å²) in [5.74, 6) is 3.58. The average Bonchev–Trinajstić information content (AvgIpc) is 3.07. The van der Waals surface area contributed by atoms with Crippen LogP contribution in [-0.4, -0.2) is 18.1 Å². The lowest BCUT2D eigenvalue weighted by molar-refractivity contribution is 0.258. The van der Waals surface area contributed by atoms with Crippen LogP contribution in [0.1, 0.15) is 38.3 Å². The van der Waals surface area contributed by atoms with Gasteiger partial charge in [0.15, 0.2) is 0 Å². The van der Waals surface area contributed by atoms with E-state index in [9.17, 15) is 0 Å². The number of methoxy groups -OCH3 is 1. The molecule has 2 bridgehead atoms. The Morgan fingerprint density at radius 1 is 1.37 bits per heavy atom. The maximum atomic E-state index is 5.16. The van der Waals surface area contributed by atoms with Gasteiger partial charge in [0.05, 0.1) is 12.8 Å². The Kier molecular flexibility index (Phi) is 3.74. The van der Waals surface area contributed by atoms with Crippen LogP contribution in [0.4, 0.5) is 0 Å². The van der Waals surface area contributed by atoms with E-state index >= 15 is 0 Å². The fourth-order valence-corrected chi connectivity index (χ4v) is 3.99. The first-order valence-electron chi connectivity index (χ1n) is 7.49. The number of fused-ring (bicyclic) bond motifs is 2. The van der Waals surface area contributed by atoms with Crippen LogP contribution in [0, 0.1) is 17.8 Å². The lowest BCUT2D eigenvalue weighted by Gasteiger charge is -2.28. The van der Waals surface area contributed by atoms with E-state index in [0.29, 0.717) is 11.9 Å². The van der Waals surface area contributed by atoms with Crippen molar-refractivity contribution in [3.8, 4) is 5.88 Å². The zero-order valence-electron chi connectivity index (χ0n) is 11.9. The van der Waals surface area contributed by atoms with Gasteiger partial charge < -0.3 is 10.1 Å². The van der Waals surface area contributed by atoms with Crippen molar-refractivity contribution in [1.29, 1.82) is 0 Å². The van der Waals surface area contributed by atoms with E-state index < -0.39 is 0 Å². The Balaban J connectivity index is 1.54. The number of pyridine rings is 1. The lowest BCUT2D eigenvalue weighted by Crippen LogP contribution is -2.36. The van der Waals surface area contributed by atoms with Crippen molar-refractivity contribution in [1.82, 2.24) is 10.3 Å². The summed E-state index contributed by atoms with van der Waals surface area (Å²) >= 11 is 0. The highest BCUT2D eigenvalue weighted by Crippen LogP contribution is 2.49. The summed E-state index contributed by atoms with van der Waals surface area (Å²) < 4.78 is 5.16. The minimum Gasteiger partial charge on any atom is -0.481 e. The third-order valence-electron chi connectivity index (χ3n) is 5.03. The number of nitrogens with zero attached hydrogens (tertiary/aromatic N) is 1. The number of hydrogen-bond donors (Lipinski definition) is 1. The normalized spacial score (nSPS) is 30.5. The Labute approximate surface area is 115 Å². The smallest absolute Gasteiger partial charge is 0.213 e. The SMILES string of the molecule is COc1cccc(CNC(C)C2CC3CCC2C3)n1. The van der Waals surface area contributed by atoms with E-state index in [-0.39, 0.29) is 0 Å². The van der Waals surface area contributed by atoms with Gasteiger partial charge in [0.25, 0.3) is 0 Å². The second-order valence-corrected chi connectivity index (χ2v) is 6.18. The maximum absolute atomic E-state index is 5.16. The molecular weight excluding hydrogens is 236 g/mol. The summed E-state index contributed by atoms with van der Waals surface area (Å²) in [6, 6.07) is 6.56. The molecule has 2 aliphatic rings. The minimum atomic E-state index is 0.600. The van der Waals surface area contributed by atoms with Gasteiger partial charge in [-0.25, -0.2) is 4.98 Å². The highest BCUT2D eigenvalue weighted by atomic mass is 16.5. The van der Waals surface area contributed by atoms with Crippen molar-refractivity contribution >= 4 is 0 Å². The molecule has 1 aromatic heterocycles. The monoisotopic (exact) mass is 260 g/mol. The molecular formula is C16H24N2O. The van der Waals surface area contributed by atoms with Crippen LogP contribution < -0.4 is 10.1 Å². The molecule has 1 heterocycles. The van der Waals surface area contributed by atoms with Gasteiger partial charge in [0.2, 0.25) is 5.88 Å². The standard InChI is InChI=1S/C16H24N2O/c1-11(15-9-12-6-7-13(15)8-12)17-10-14-4-3-5-16(18-14)19-2/h3-5,11-13,15,17H,6-10H2,1-2H3. The van der Waals surface area contributed by atoms with Gasteiger partial charge in [-0.1, -0.05) is 12.5 Å². The quantitative estimate of drug-likeness (QED) is 0.883. The molecule has 0 amide bonds. The van der Waals surface area contributed by atoms with Crippen molar-refractivity contribution in [2.75, 3.05) is 7.11 Å². The molecule has 4 atom stereocenters. The van der Waals surface area contributed by atoms with Crippen LogP contribution in [0.15, 0.2) is 18.2 Å². The minimum absolute atomic E-state index is 0.600. The molecule has 1 aromatic rings. The average molecular weight is 260 g/mol. The first kappa shape index (κ1) is 12.9. The summed E-state index contributed by atoms with van der Waals surface area (Å²) in [4.78, 5) is 4.45. The van der Waals surface area contributed by atoms with Gasteiger partial charge in [0, 0.05) is 18.7 Å². The molecule has 2 aliphatic carbocycles. The molecule has 2 saturated carbocycles. The third kappa shape index (κ3) is 2.76. The predicted molar refractivity (Wildman–Crippen MR) is 76.0 cm³/mol. The topological polar surface area (TPSA) is 34.1 Å². The molecule has 4 unspecified atom stereocenters. The molecule has 0 aliphatic heterocycles. The van der Waals surface area contributed by atoms with Crippen LogP contribution >= 0.6 is 0 Å². The van der Waals surface area contributed by atoms with Crippen molar-refractivity contribution in [3.05, 3.63) is 23.9 Å². The second kappa shape index (κ2) is 5.49. The second-order valence-electron chi connectivity index (χ2n) is 6.18. The van der Waals surface area contributed by atoms with Crippen molar-refractivity contribution in [2.24, 2.45) is 17.8 Å². The highest BCUT2D eigenvalue weighted by Gasteiger charge is 2.41. The Morgan fingerprint density at radius 2 is 2.26 bits per heavy atom. The first-order chi connectivity index (χ1) is 9.26. The molecule has 104 valence electrons. The number of hydrogen-bond acceptors (Lipinski definition) is 3. The Morgan fingerprint density at radius 3 is 2.95 bits per heavy atom. The zero-order valence-corrected chi connectivity index (χ0v) is 11.9. The van der Waals surface area contributed by atoms with Crippen molar-refractivity contribution < 1.29 is 4.74 Å². The Bertz CT molecular complexity index is 435. The third-order valence-corrected chi connectivity index (χ3v) is 5.03. The van der Waals surface area contributed by atoms with E-state index in [1.807, 2.05) is 12.1 Å². The van der Waals surface area contributed by atoms with Gasteiger partial charge in [-0.15, -0.1) is 0 Å². The van der Waals surface area contributed by atoms with E-state index in [1.165, 1.54) is 25.7 Å². The molecule has 3 rings (SSSR count). The lowest BCUT2D eigenvalue weighted by atomic mass is 9.84. The van der Waals surface area contributed by atoms with Gasteiger partial charge in [-0.05, 0) is 50.0 Å². The van der Waals surface area contributed by atoms with E-state index in [2.05, 4.69) is 23.3 Å². The summed E-state index contributed by atoms with van der Waals surface area (Å²) in [5, 5.41) is 3.66.